The van der Waals surface area contributed by atoms with Gasteiger partial charge in [-0.3, -0.25) is 0 Å². The minimum atomic E-state index is -0.267. The van der Waals surface area contributed by atoms with E-state index in [9.17, 15) is 4.39 Å². The van der Waals surface area contributed by atoms with Gasteiger partial charge in [-0.1, -0.05) is 29.8 Å². The molecule has 19 heavy (non-hydrogen) atoms. The zero-order chi connectivity index (χ0) is 13.2. The van der Waals surface area contributed by atoms with Gasteiger partial charge in [0.05, 0.1) is 12.2 Å². The average Bonchev–Trinajstić information content (AvgIpc) is 2.43. The van der Waals surface area contributed by atoms with Gasteiger partial charge in [-0.2, -0.15) is 0 Å². The van der Waals surface area contributed by atoms with Gasteiger partial charge in [0.15, 0.2) is 0 Å². The Kier molecular flexibility index (Phi) is 3.30. The number of hydrogen-bond acceptors (Lipinski definition) is 2. The van der Waals surface area contributed by atoms with Crippen LogP contribution in [-0.2, 0) is 6.54 Å². The molecule has 3 rings (SSSR count). The summed E-state index contributed by atoms with van der Waals surface area (Å²) in [6.07, 6.45) is 0. The summed E-state index contributed by atoms with van der Waals surface area (Å²) in [4.78, 5) is 2.09. The van der Waals surface area contributed by atoms with E-state index in [1.165, 1.54) is 6.07 Å². The predicted octanol–water partition coefficient (Wildman–Crippen LogP) is 3.88. The SMILES string of the molecule is Fc1cccc(Cl)c1CN1CCOc2ccccc21. The number of nitrogens with zero attached hydrogens (tertiary/aromatic N) is 1. The van der Waals surface area contributed by atoms with Crippen molar-refractivity contribution in [3.05, 3.63) is 58.9 Å². The van der Waals surface area contributed by atoms with Crippen molar-refractivity contribution in [2.45, 2.75) is 6.54 Å². The molecule has 1 aliphatic rings. The number of fused-ring (bicyclic) bond motifs is 1. The molecule has 1 heterocycles. The fourth-order valence-electron chi connectivity index (χ4n) is 2.27. The van der Waals surface area contributed by atoms with Gasteiger partial charge < -0.3 is 9.64 Å². The van der Waals surface area contributed by atoms with Crippen LogP contribution in [0.5, 0.6) is 5.75 Å². The molecule has 98 valence electrons. The third-order valence-corrected chi connectivity index (χ3v) is 3.59. The summed E-state index contributed by atoms with van der Waals surface area (Å²) in [5, 5.41) is 0.462. The molecule has 0 amide bonds. The minimum absolute atomic E-state index is 0.267. The van der Waals surface area contributed by atoms with Crippen LogP contribution >= 0.6 is 11.6 Å². The van der Waals surface area contributed by atoms with Crippen molar-refractivity contribution in [3.63, 3.8) is 0 Å². The second kappa shape index (κ2) is 5.10. The first kappa shape index (κ1) is 12.3. The summed E-state index contributed by atoms with van der Waals surface area (Å²) in [5.74, 6) is 0.567. The van der Waals surface area contributed by atoms with Crippen molar-refractivity contribution < 1.29 is 9.13 Å². The van der Waals surface area contributed by atoms with E-state index in [2.05, 4.69) is 4.90 Å². The largest absolute Gasteiger partial charge is 0.490 e. The molecule has 0 spiro atoms. The first-order chi connectivity index (χ1) is 9.25. The zero-order valence-corrected chi connectivity index (χ0v) is 11.0. The third-order valence-electron chi connectivity index (χ3n) is 3.24. The van der Waals surface area contributed by atoms with Gasteiger partial charge in [-0.15, -0.1) is 0 Å². The Bertz CT molecular complexity index is 582. The van der Waals surface area contributed by atoms with Crippen molar-refractivity contribution in [1.82, 2.24) is 0 Å². The quantitative estimate of drug-likeness (QED) is 0.826. The van der Waals surface area contributed by atoms with Gasteiger partial charge in [0.1, 0.15) is 18.2 Å². The Morgan fingerprint density at radius 3 is 2.84 bits per heavy atom. The lowest BCUT2D eigenvalue weighted by Crippen LogP contribution is -2.32. The molecule has 0 N–H and O–H groups in total. The third kappa shape index (κ3) is 2.38. The Morgan fingerprint density at radius 2 is 2.00 bits per heavy atom. The van der Waals surface area contributed by atoms with Crippen molar-refractivity contribution >= 4 is 17.3 Å². The molecule has 1 aliphatic heterocycles. The number of ether oxygens (including phenoxy) is 1. The van der Waals surface area contributed by atoms with Gasteiger partial charge in [0.2, 0.25) is 0 Å². The van der Waals surface area contributed by atoms with Crippen LogP contribution in [0.3, 0.4) is 0 Å². The molecular weight excluding hydrogens is 265 g/mol. The summed E-state index contributed by atoms with van der Waals surface area (Å²) >= 11 is 6.08. The first-order valence-corrected chi connectivity index (χ1v) is 6.53. The molecule has 2 aromatic carbocycles. The molecule has 0 saturated carbocycles. The summed E-state index contributed by atoms with van der Waals surface area (Å²) in [6.45, 7) is 1.77. The summed E-state index contributed by atoms with van der Waals surface area (Å²) in [5.41, 5.74) is 1.51. The van der Waals surface area contributed by atoms with Gasteiger partial charge >= 0.3 is 0 Å². The highest BCUT2D eigenvalue weighted by molar-refractivity contribution is 6.31. The second-order valence-corrected chi connectivity index (χ2v) is 4.85. The fraction of sp³-hybridized carbons (Fsp3) is 0.200. The molecule has 0 radical (unpaired) electrons. The highest BCUT2D eigenvalue weighted by Crippen LogP contribution is 2.33. The average molecular weight is 278 g/mol. The molecular formula is C15H13ClFNO. The monoisotopic (exact) mass is 277 g/mol. The molecule has 0 aliphatic carbocycles. The maximum absolute atomic E-state index is 13.8. The van der Waals surface area contributed by atoms with Crippen LogP contribution in [0.4, 0.5) is 10.1 Å². The maximum Gasteiger partial charge on any atom is 0.142 e. The van der Waals surface area contributed by atoms with Crippen LogP contribution in [0, 0.1) is 5.82 Å². The number of halogens is 2. The van der Waals surface area contributed by atoms with Gasteiger partial charge in [-0.05, 0) is 24.3 Å². The predicted molar refractivity (Wildman–Crippen MR) is 74.4 cm³/mol. The van der Waals surface area contributed by atoms with E-state index in [0.29, 0.717) is 23.7 Å². The fourth-order valence-corrected chi connectivity index (χ4v) is 2.49. The summed E-state index contributed by atoms with van der Waals surface area (Å²) in [7, 11) is 0. The van der Waals surface area contributed by atoms with Crippen LogP contribution < -0.4 is 9.64 Å². The summed E-state index contributed by atoms with van der Waals surface area (Å²) < 4.78 is 19.4. The van der Waals surface area contributed by atoms with Crippen molar-refractivity contribution in [2.24, 2.45) is 0 Å². The highest BCUT2D eigenvalue weighted by Gasteiger charge is 2.19. The van der Waals surface area contributed by atoms with Crippen molar-refractivity contribution in [1.29, 1.82) is 0 Å². The number of para-hydroxylation sites is 2. The molecule has 4 heteroatoms. The van der Waals surface area contributed by atoms with E-state index >= 15 is 0 Å². The Balaban J connectivity index is 1.93. The van der Waals surface area contributed by atoms with Crippen LogP contribution in [0.1, 0.15) is 5.56 Å². The minimum Gasteiger partial charge on any atom is -0.490 e. The Hall–Kier alpha value is -1.74. The Morgan fingerprint density at radius 1 is 1.16 bits per heavy atom. The topological polar surface area (TPSA) is 12.5 Å². The van der Waals surface area contributed by atoms with Crippen molar-refractivity contribution in [2.75, 3.05) is 18.1 Å². The normalized spacial score (nSPS) is 13.9. The summed E-state index contributed by atoms with van der Waals surface area (Å²) in [6, 6.07) is 12.5. The lowest BCUT2D eigenvalue weighted by molar-refractivity contribution is 0.306. The Labute approximate surface area is 116 Å². The van der Waals surface area contributed by atoms with Gasteiger partial charge in [0.25, 0.3) is 0 Å². The van der Waals surface area contributed by atoms with E-state index in [1.54, 1.807) is 12.1 Å². The lowest BCUT2D eigenvalue weighted by atomic mass is 10.1. The number of rotatable bonds is 2. The van der Waals surface area contributed by atoms with E-state index in [-0.39, 0.29) is 5.82 Å². The van der Waals surface area contributed by atoms with Gasteiger partial charge in [-0.25, -0.2) is 4.39 Å². The van der Waals surface area contributed by atoms with Crippen LogP contribution in [0.25, 0.3) is 0 Å². The highest BCUT2D eigenvalue weighted by atomic mass is 35.5. The lowest BCUT2D eigenvalue weighted by Gasteiger charge is -2.31. The molecule has 0 fully saturated rings. The van der Waals surface area contributed by atoms with Crippen LogP contribution in [0.2, 0.25) is 5.02 Å². The number of anilines is 1. The van der Waals surface area contributed by atoms with Crippen LogP contribution in [-0.4, -0.2) is 13.2 Å². The molecule has 2 aromatic rings. The molecule has 0 atom stereocenters. The van der Waals surface area contributed by atoms with E-state index in [0.717, 1.165) is 18.0 Å². The van der Waals surface area contributed by atoms with Crippen LogP contribution in [0.15, 0.2) is 42.5 Å². The molecule has 0 saturated heterocycles. The molecule has 0 unspecified atom stereocenters. The number of benzene rings is 2. The molecule has 0 bridgehead atoms. The van der Waals surface area contributed by atoms with Gasteiger partial charge in [0, 0.05) is 17.1 Å². The second-order valence-electron chi connectivity index (χ2n) is 4.44. The maximum atomic E-state index is 13.8. The number of hydrogen-bond donors (Lipinski definition) is 0. The standard InChI is InChI=1S/C15H13ClFNO/c16-12-4-3-5-13(17)11(12)10-18-8-9-19-15-7-2-1-6-14(15)18/h1-7H,8-10H2. The first-order valence-electron chi connectivity index (χ1n) is 6.15. The molecule has 0 aromatic heterocycles. The smallest absolute Gasteiger partial charge is 0.142 e. The van der Waals surface area contributed by atoms with E-state index < -0.39 is 0 Å². The zero-order valence-electron chi connectivity index (χ0n) is 10.3. The van der Waals surface area contributed by atoms with E-state index in [1.807, 2.05) is 24.3 Å². The van der Waals surface area contributed by atoms with Crippen molar-refractivity contribution in [3.8, 4) is 5.75 Å². The molecule has 2 nitrogen and oxygen atoms in total. The van der Waals surface area contributed by atoms with E-state index in [4.69, 9.17) is 16.3 Å².